The largest absolute Gasteiger partial charge is 0.497 e. The summed E-state index contributed by atoms with van der Waals surface area (Å²) in [6.07, 6.45) is 1.47. The van der Waals surface area contributed by atoms with Crippen molar-refractivity contribution < 1.29 is 9.13 Å². The van der Waals surface area contributed by atoms with Gasteiger partial charge in [-0.2, -0.15) is 0 Å². The first-order valence-corrected chi connectivity index (χ1v) is 4.96. The molecule has 1 aromatic rings. The van der Waals surface area contributed by atoms with Gasteiger partial charge in [-0.05, 0) is 49.6 Å². The third-order valence-corrected chi connectivity index (χ3v) is 2.33. The summed E-state index contributed by atoms with van der Waals surface area (Å²) in [5.41, 5.74) is 0.957. The van der Waals surface area contributed by atoms with E-state index in [4.69, 9.17) is 12.6 Å². The molecule has 0 saturated carbocycles. The molecule has 0 amide bonds. The average molecular weight is 207 g/mol. The highest BCUT2D eigenvalue weighted by Crippen LogP contribution is 2.14. The molecule has 0 aliphatic carbocycles. The summed E-state index contributed by atoms with van der Waals surface area (Å²) in [6, 6.07) is 2.94. The van der Waals surface area contributed by atoms with Gasteiger partial charge in [-0.3, -0.25) is 0 Å². The fraction of sp³-hybridized carbons (Fsp3) is 0.455. The van der Waals surface area contributed by atoms with Crippen LogP contribution in [0.1, 0.15) is 12.0 Å². The predicted octanol–water partition coefficient (Wildman–Crippen LogP) is 0.780. The number of benzene rings is 1. The highest BCUT2D eigenvalue weighted by molar-refractivity contribution is 6.35. The number of nitrogens with one attached hydrogen (secondary N) is 1. The maximum atomic E-state index is 13.4. The molecule has 1 N–H and O–H groups in total. The maximum absolute atomic E-state index is 13.4. The second kappa shape index (κ2) is 5.76. The van der Waals surface area contributed by atoms with E-state index in [0.29, 0.717) is 23.2 Å². The van der Waals surface area contributed by atoms with Gasteiger partial charge in [0.25, 0.3) is 0 Å². The Bertz CT molecular complexity index is 331. The third kappa shape index (κ3) is 2.96. The first-order chi connectivity index (χ1) is 7.20. The molecule has 0 spiro atoms. The molecule has 2 nitrogen and oxygen atoms in total. The second-order valence-electron chi connectivity index (χ2n) is 3.35. The Balaban J connectivity index is 2.84. The van der Waals surface area contributed by atoms with Gasteiger partial charge in [-0.1, -0.05) is 0 Å². The lowest BCUT2D eigenvalue weighted by molar-refractivity contribution is 0.416. The van der Waals surface area contributed by atoms with E-state index in [-0.39, 0.29) is 5.82 Å². The molecule has 0 aliphatic heterocycles. The molecule has 4 heteroatoms. The first-order valence-electron chi connectivity index (χ1n) is 4.96. The van der Waals surface area contributed by atoms with Crippen LogP contribution in [-0.4, -0.2) is 28.5 Å². The van der Waals surface area contributed by atoms with Crippen molar-refractivity contribution in [1.29, 1.82) is 0 Å². The SMILES string of the molecule is [B]c1c(OC)ccc(F)c1CCCNC. The minimum Gasteiger partial charge on any atom is -0.497 e. The topological polar surface area (TPSA) is 21.3 Å². The highest BCUT2D eigenvalue weighted by atomic mass is 19.1. The van der Waals surface area contributed by atoms with Crippen molar-refractivity contribution in [3.05, 3.63) is 23.5 Å². The summed E-state index contributed by atoms with van der Waals surface area (Å²) >= 11 is 0. The minimum atomic E-state index is -0.260. The summed E-state index contributed by atoms with van der Waals surface area (Å²) < 4.78 is 18.5. The van der Waals surface area contributed by atoms with Crippen molar-refractivity contribution in [2.75, 3.05) is 20.7 Å². The summed E-state index contributed by atoms with van der Waals surface area (Å²) in [6.45, 7) is 0.843. The Morgan fingerprint density at radius 2 is 2.20 bits per heavy atom. The van der Waals surface area contributed by atoms with Gasteiger partial charge in [-0.25, -0.2) is 4.39 Å². The van der Waals surface area contributed by atoms with Crippen molar-refractivity contribution in [1.82, 2.24) is 5.32 Å². The molecule has 0 aromatic heterocycles. The van der Waals surface area contributed by atoms with Crippen LogP contribution in [0, 0.1) is 5.82 Å². The number of rotatable bonds is 5. The van der Waals surface area contributed by atoms with E-state index in [9.17, 15) is 4.39 Å². The zero-order valence-corrected chi connectivity index (χ0v) is 9.14. The molecule has 0 aliphatic rings. The van der Waals surface area contributed by atoms with Gasteiger partial charge in [0.2, 0.25) is 0 Å². The lowest BCUT2D eigenvalue weighted by Gasteiger charge is -2.11. The zero-order valence-electron chi connectivity index (χ0n) is 9.14. The normalized spacial score (nSPS) is 10.3. The van der Waals surface area contributed by atoms with Crippen LogP contribution in [0.15, 0.2) is 12.1 Å². The first kappa shape index (κ1) is 12.0. The second-order valence-corrected chi connectivity index (χ2v) is 3.35. The molecular weight excluding hydrogens is 192 g/mol. The lowest BCUT2D eigenvalue weighted by Crippen LogP contribution is -2.18. The van der Waals surface area contributed by atoms with E-state index < -0.39 is 0 Å². The van der Waals surface area contributed by atoms with Crippen LogP contribution in [0.5, 0.6) is 5.75 Å². The van der Waals surface area contributed by atoms with Crippen LogP contribution < -0.4 is 15.5 Å². The minimum absolute atomic E-state index is 0.260. The van der Waals surface area contributed by atoms with Crippen LogP contribution >= 0.6 is 0 Å². The standard InChI is InChI=1S/C11H15BFNO/c1-14-7-3-4-8-9(13)5-6-10(15-2)11(8)12/h5-6,14H,3-4,7H2,1-2H3. The van der Waals surface area contributed by atoms with E-state index in [0.717, 1.165) is 13.0 Å². The van der Waals surface area contributed by atoms with Crippen molar-refractivity contribution in [2.24, 2.45) is 0 Å². The van der Waals surface area contributed by atoms with E-state index in [2.05, 4.69) is 5.32 Å². The number of halogens is 1. The Morgan fingerprint density at radius 3 is 2.80 bits per heavy atom. The molecule has 0 atom stereocenters. The van der Waals surface area contributed by atoms with Gasteiger partial charge in [0.1, 0.15) is 19.4 Å². The van der Waals surface area contributed by atoms with Gasteiger partial charge >= 0.3 is 0 Å². The summed E-state index contributed by atoms with van der Waals surface area (Å²) in [4.78, 5) is 0. The number of methoxy groups -OCH3 is 1. The highest BCUT2D eigenvalue weighted by Gasteiger charge is 2.09. The van der Waals surface area contributed by atoms with Gasteiger partial charge < -0.3 is 10.1 Å². The predicted molar refractivity (Wildman–Crippen MR) is 60.6 cm³/mol. The van der Waals surface area contributed by atoms with Gasteiger partial charge in [0.05, 0.1) is 7.11 Å². The zero-order chi connectivity index (χ0) is 11.3. The van der Waals surface area contributed by atoms with Crippen molar-refractivity contribution in [3.63, 3.8) is 0 Å². The van der Waals surface area contributed by atoms with E-state index in [1.807, 2.05) is 7.05 Å². The Labute approximate surface area is 91.2 Å². The van der Waals surface area contributed by atoms with Crippen LogP contribution in [0.25, 0.3) is 0 Å². The quantitative estimate of drug-likeness (QED) is 0.569. The van der Waals surface area contributed by atoms with Crippen LogP contribution in [0.4, 0.5) is 4.39 Å². The lowest BCUT2D eigenvalue weighted by atomic mass is 9.87. The van der Waals surface area contributed by atoms with Gasteiger partial charge in [0.15, 0.2) is 0 Å². The van der Waals surface area contributed by atoms with Gasteiger partial charge in [-0.15, -0.1) is 0 Å². The molecule has 0 fully saturated rings. The van der Waals surface area contributed by atoms with Crippen LogP contribution in [0.3, 0.4) is 0 Å². The average Bonchev–Trinajstić information content (AvgIpc) is 2.23. The molecule has 0 heterocycles. The van der Waals surface area contributed by atoms with Crippen molar-refractivity contribution in [3.8, 4) is 5.75 Å². The fourth-order valence-electron chi connectivity index (χ4n) is 1.49. The molecule has 1 rings (SSSR count). The molecule has 0 bridgehead atoms. The molecule has 2 radical (unpaired) electrons. The Hall–Kier alpha value is -1.03. The maximum Gasteiger partial charge on any atom is 0.126 e. The Kier molecular flexibility index (Phi) is 4.62. The molecular formula is C11H15BFNO. The van der Waals surface area contributed by atoms with Crippen molar-refractivity contribution in [2.45, 2.75) is 12.8 Å². The fourth-order valence-corrected chi connectivity index (χ4v) is 1.49. The molecule has 1 aromatic carbocycles. The monoisotopic (exact) mass is 207 g/mol. The molecule has 0 unspecified atom stereocenters. The van der Waals surface area contributed by atoms with Crippen molar-refractivity contribution >= 4 is 13.3 Å². The molecule has 0 saturated heterocycles. The smallest absolute Gasteiger partial charge is 0.126 e. The van der Waals surface area contributed by atoms with Gasteiger partial charge in [0, 0.05) is 0 Å². The van der Waals surface area contributed by atoms with Crippen LogP contribution in [0.2, 0.25) is 0 Å². The van der Waals surface area contributed by atoms with E-state index in [1.54, 1.807) is 6.07 Å². The van der Waals surface area contributed by atoms with E-state index in [1.165, 1.54) is 13.2 Å². The van der Waals surface area contributed by atoms with E-state index >= 15 is 0 Å². The summed E-state index contributed by atoms with van der Waals surface area (Å²) in [7, 11) is 9.19. The number of ether oxygens (including phenoxy) is 1. The third-order valence-electron chi connectivity index (χ3n) is 2.33. The number of hydrogen-bond donors (Lipinski definition) is 1. The molecule has 15 heavy (non-hydrogen) atoms. The molecule has 80 valence electrons. The summed E-state index contributed by atoms with van der Waals surface area (Å²) in [5, 5.41) is 3.01. The van der Waals surface area contributed by atoms with Crippen LogP contribution in [-0.2, 0) is 6.42 Å². The summed E-state index contributed by atoms with van der Waals surface area (Å²) in [5.74, 6) is 0.278. The number of hydrogen-bond acceptors (Lipinski definition) is 2. The Morgan fingerprint density at radius 1 is 1.47 bits per heavy atom.